The monoisotopic (exact) mass is 456 g/mol. The molecule has 5 heteroatoms. The summed E-state index contributed by atoms with van der Waals surface area (Å²) in [7, 11) is 0. The molecular weight excluding hydrogens is 451 g/mol. The van der Waals surface area contributed by atoms with Crippen LogP contribution in [0.5, 0.6) is 0 Å². The zero-order valence-corrected chi connectivity index (χ0v) is 15.1. The van der Waals surface area contributed by atoms with Gasteiger partial charge in [0, 0.05) is 14.4 Å². The van der Waals surface area contributed by atoms with Crippen LogP contribution in [-0.2, 0) is 0 Å². The van der Waals surface area contributed by atoms with Gasteiger partial charge in [0.1, 0.15) is 0 Å². The van der Waals surface area contributed by atoms with Gasteiger partial charge in [-0.25, -0.2) is 0 Å². The normalized spacial score (nSPS) is 12.8. The predicted octanol–water partition coefficient (Wildman–Crippen LogP) is 6.72. The summed E-state index contributed by atoms with van der Waals surface area (Å²) in [6.45, 7) is 2.12. The van der Waals surface area contributed by atoms with Crippen LogP contribution in [0.4, 0.5) is 0 Å². The van der Waals surface area contributed by atoms with Crippen molar-refractivity contribution < 1.29 is 0 Å². The minimum absolute atomic E-state index is 0.151. The molecule has 0 N–H and O–H groups in total. The molecule has 0 aliphatic rings. The third-order valence-corrected chi connectivity index (χ3v) is 5.94. The number of rotatable bonds is 2. The molecule has 2 rings (SSSR count). The van der Waals surface area contributed by atoms with E-state index in [0.29, 0.717) is 0 Å². The van der Waals surface area contributed by atoms with Crippen LogP contribution in [0.3, 0.4) is 0 Å². The maximum Gasteiger partial charge on any atom is 0.0704 e. The largest absolute Gasteiger partial charge is 0.133 e. The van der Waals surface area contributed by atoms with Crippen LogP contribution >= 0.6 is 70.7 Å². The molecule has 2 aromatic rings. The number of hydrogen-bond acceptors (Lipinski definition) is 1. The van der Waals surface area contributed by atoms with Gasteiger partial charge in [-0.3, -0.25) is 0 Å². The van der Waals surface area contributed by atoms with E-state index in [1.165, 1.54) is 10.4 Å². The van der Waals surface area contributed by atoms with Gasteiger partial charge in [-0.05, 0) is 58.2 Å². The first-order chi connectivity index (χ1) is 7.99. The van der Waals surface area contributed by atoms with Crippen LogP contribution in [0.25, 0.3) is 0 Å². The molecule has 0 saturated carbocycles. The molecule has 0 bridgehead atoms. The highest BCUT2D eigenvalue weighted by Crippen LogP contribution is 2.41. The lowest BCUT2D eigenvalue weighted by atomic mass is 10.1. The molecule has 1 aromatic heterocycles. The number of halogens is 4. The van der Waals surface area contributed by atoms with Gasteiger partial charge >= 0.3 is 0 Å². The topological polar surface area (TPSA) is 0 Å². The van der Waals surface area contributed by atoms with E-state index in [1.54, 1.807) is 11.3 Å². The Labute approximate surface area is 135 Å². The lowest BCUT2D eigenvalue weighted by Gasteiger charge is -2.12. The number of aryl methyl sites for hydroxylation is 1. The molecule has 0 fully saturated rings. The fourth-order valence-corrected chi connectivity index (χ4v) is 5.30. The summed E-state index contributed by atoms with van der Waals surface area (Å²) in [4.78, 5) is 1.45. The molecule has 0 aliphatic heterocycles. The van der Waals surface area contributed by atoms with E-state index < -0.39 is 0 Å². The summed E-state index contributed by atoms with van der Waals surface area (Å²) in [5.41, 5.74) is 2.41. The molecule has 0 nitrogen and oxygen atoms in total. The summed E-state index contributed by atoms with van der Waals surface area (Å²) in [6, 6.07) is 7.98. The Morgan fingerprint density at radius 3 is 2.47 bits per heavy atom. The summed E-state index contributed by atoms with van der Waals surface area (Å²) < 4.78 is 2.21. The van der Waals surface area contributed by atoms with E-state index in [4.69, 9.17) is 11.6 Å². The zero-order valence-electron chi connectivity index (χ0n) is 8.81. The molecule has 0 spiro atoms. The van der Waals surface area contributed by atoms with Crippen molar-refractivity contribution in [1.29, 1.82) is 0 Å². The summed E-state index contributed by atoms with van der Waals surface area (Å²) in [5, 5.41) is 0.750. The van der Waals surface area contributed by atoms with Gasteiger partial charge < -0.3 is 0 Å². The highest BCUT2D eigenvalue weighted by Gasteiger charge is 2.18. The summed E-state index contributed by atoms with van der Waals surface area (Å²) in [6.07, 6.45) is 0. The first-order valence-corrected chi connectivity index (χ1v) is 8.53. The van der Waals surface area contributed by atoms with Crippen molar-refractivity contribution in [2.24, 2.45) is 0 Å². The van der Waals surface area contributed by atoms with E-state index in [9.17, 15) is 0 Å². The van der Waals surface area contributed by atoms with Crippen LogP contribution in [-0.4, -0.2) is 0 Å². The molecule has 0 aliphatic carbocycles. The Hall–Kier alpha value is 0.650. The Morgan fingerprint density at radius 1 is 1.18 bits per heavy atom. The average Bonchev–Trinajstić information content (AvgIpc) is 2.60. The Morgan fingerprint density at radius 2 is 1.88 bits per heavy atom. The quantitative estimate of drug-likeness (QED) is 0.438. The molecule has 1 unspecified atom stereocenters. The number of thiophene rings is 1. The van der Waals surface area contributed by atoms with Gasteiger partial charge in [0.15, 0.2) is 0 Å². The highest BCUT2D eigenvalue weighted by atomic mass is 79.9. The number of alkyl halides is 1. The van der Waals surface area contributed by atoms with Crippen molar-refractivity contribution in [2.75, 3.05) is 0 Å². The number of benzene rings is 1. The molecule has 1 atom stereocenters. The Kier molecular flexibility index (Phi) is 4.75. The second-order valence-electron chi connectivity index (χ2n) is 3.59. The van der Waals surface area contributed by atoms with E-state index in [-0.39, 0.29) is 4.83 Å². The smallest absolute Gasteiger partial charge is 0.0704 e. The molecule has 0 amide bonds. The van der Waals surface area contributed by atoms with Gasteiger partial charge in [-0.2, -0.15) is 0 Å². The van der Waals surface area contributed by atoms with Gasteiger partial charge in [0.25, 0.3) is 0 Å². The lowest BCUT2D eigenvalue weighted by molar-refractivity contribution is 1.16. The van der Waals surface area contributed by atoms with Crippen LogP contribution < -0.4 is 0 Å². The maximum absolute atomic E-state index is 6.05. The van der Waals surface area contributed by atoms with Gasteiger partial charge in [0.05, 0.1) is 8.61 Å². The lowest BCUT2D eigenvalue weighted by Crippen LogP contribution is -1.94. The minimum atomic E-state index is 0.151. The Bertz CT molecular complexity index is 551. The van der Waals surface area contributed by atoms with Crippen molar-refractivity contribution in [1.82, 2.24) is 0 Å². The van der Waals surface area contributed by atoms with Crippen molar-refractivity contribution in [2.45, 2.75) is 11.8 Å². The number of hydrogen-bond donors (Lipinski definition) is 0. The van der Waals surface area contributed by atoms with Crippen molar-refractivity contribution in [3.63, 3.8) is 0 Å². The molecule has 0 radical (unpaired) electrons. The van der Waals surface area contributed by atoms with Crippen molar-refractivity contribution >= 4 is 70.7 Å². The van der Waals surface area contributed by atoms with E-state index in [2.05, 4.69) is 60.8 Å². The molecule has 1 heterocycles. The predicted molar refractivity (Wildman–Crippen MR) is 86.7 cm³/mol. The van der Waals surface area contributed by atoms with E-state index >= 15 is 0 Å². The summed E-state index contributed by atoms with van der Waals surface area (Å²) in [5.74, 6) is 0. The average molecular weight is 459 g/mol. The van der Waals surface area contributed by atoms with Crippen LogP contribution in [0.2, 0.25) is 5.02 Å². The summed E-state index contributed by atoms with van der Waals surface area (Å²) >= 11 is 18.6. The second-order valence-corrected chi connectivity index (χ2v) is 8.43. The van der Waals surface area contributed by atoms with Gasteiger partial charge in [0.2, 0.25) is 0 Å². The van der Waals surface area contributed by atoms with Gasteiger partial charge in [-0.15, -0.1) is 11.3 Å². The first-order valence-electron chi connectivity index (χ1n) is 4.84. The van der Waals surface area contributed by atoms with E-state index in [1.807, 2.05) is 18.2 Å². The minimum Gasteiger partial charge on any atom is -0.133 e. The molecule has 90 valence electrons. The third-order valence-electron chi connectivity index (χ3n) is 2.43. The zero-order chi connectivity index (χ0) is 12.6. The second kappa shape index (κ2) is 5.74. The molecular formula is C12H8Br3ClS. The van der Waals surface area contributed by atoms with Crippen molar-refractivity contribution in [3.05, 3.63) is 53.6 Å². The fraction of sp³-hybridized carbons (Fsp3) is 0.167. The standard InChI is InChI=1S/C12H8Br3ClS/c1-6-8(5-11(14)17-6)12(15)9-4-7(16)2-3-10(9)13/h2-5,12H,1H3. The van der Waals surface area contributed by atoms with Crippen molar-refractivity contribution in [3.8, 4) is 0 Å². The SMILES string of the molecule is Cc1sc(Br)cc1C(Br)c1cc(Cl)ccc1Br. The molecule has 17 heavy (non-hydrogen) atoms. The van der Waals surface area contributed by atoms with Crippen LogP contribution in [0, 0.1) is 6.92 Å². The highest BCUT2D eigenvalue weighted by molar-refractivity contribution is 9.11. The van der Waals surface area contributed by atoms with Crippen LogP contribution in [0.1, 0.15) is 20.8 Å². The van der Waals surface area contributed by atoms with E-state index in [0.717, 1.165) is 18.8 Å². The van der Waals surface area contributed by atoms with Crippen LogP contribution in [0.15, 0.2) is 32.5 Å². The Balaban J connectivity index is 2.46. The third kappa shape index (κ3) is 3.16. The fourth-order valence-electron chi connectivity index (χ4n) is 1.59. The molecule has 0 saturated heterocycles. The molecule has 1 aromatic carbocycles. The maximum atomic E-state index is 6.05. The van der Waals surface area contributed by atoms with Gasteiger partial charge in [-0.1, -0.05) is 43.5 Å². The first kappa shape index (κ1) is 14.1.